The Hall–Kier alpha value is -2.53. The number of hydrogen-bond acceptors (Lipinski definition) is 3. The zero-order chi connectivity index (χ0) is 16.4. The Kier molecular flexibility index (Phi) is 4.21. The van der Waals surface area contributed by atoms with Gasteiger partial charge in [-0.2, -0.15) is 5.10 Å². The molecule has 1 heterocycles. The van der Waals surface area contributed by atoms with Crippen molar-refractivity contribution in [1.29, 1.82) is 0 Å². The molecule has 0 unspecified atom stereocenters. The van der Waals surface area contributed by atoms with Crippen LogP contribution < -0.4 is 10.1 Å². The van der Waals surface area contributed by atoms with E-state index in [0.29, 0.717) is 16.5 Å². The van der Waals surface area contributed by atoms with Crippen LogP contribution in [0.15, 0.2) is 36.5 Å². The van der Waals surface area contributed by atoms with Crippen LogP contribution in [0.1, 0.15) is 11.1 Å². The minimum Gasteiger partial charge on any atom is -0.496 e. The van der Waals surface area contributed by atoms with Crippen molar-refractivity contribution >= 4 is 34.1 Å². The van der Waals surface area contributed by atoms with Gasteiger partial charge in [0.1, 0.15) is 5.75 Å². The van der Waals surface area contributed by atoms with Crippen LogP contribution in [-0.4, -0.2) is 23.2 Å². The van der Waals surface area contributed by atoms with Gasteiger partial charge in [-0.3, -0.25) is 9.89 Å². The van der Waals surface area contributed by atoms with E-state index in [0.717, 1.165) is 22.0 Å². The second-order valence-electron chi connectivity index (χ2n) is 5.31. The maximum Gasteiger partial charge on any atom is 0.228 e. The SMILES string of the molecule is COc1c(C)cc(Cl)cc1CC(=O)Nc1ccc2cn[nH]c2c1. The summed E-state index contributed by atoms with van der Waals surface area (Å²) in [5, 5.41) is 11.3. The average molecular weight is 330 g/mol. The highest BCUT2D eigenvalue weighted by atomic mass is 35.5. The van der Waals surface area contributed by atoms with Gasteiger partial charge in [-0.1, -0.05) is 11.6 Å². The topological polar surface area (TPSA) is 67.0 Å². The van der Waals surface area contributed by atoms with E-state index >= 15 is 0 Å². The molecule has 23 heavy (non-hydrogen) atoms. The highest BCUT2D eigenvalue weighted by Crippen LogP contribution is 2.28. The van der Waals surface area contributed by atoms with Gasteiger partial charge in [0, 0.05) is 21.7 Å². The number of ether oxygens (including phenoxy) is 1. The first kappa shape index (κ1) is 15.4. The molecule has 0 spiro atoms. The van der Waals surface area contributed by atoms with E-state index in [1.165, 1.54) is 0 Å². The maximum atomic E-state index is 12.3. The summed E-state index contributed by atoms with van der Waals surface area (Å²) >= 11 is 6.08. The lowest BCUT2D eigenvalue weighted by Gasteiger charge is -2.12. The van der Waals surface area contributed by atoms with Gasteiger partial charge in [-0.15, -0.1) is 0 Å². The first-order valence-electron chi connectivity index (χ1n) is 7.13. The Morgan fingerprint density at radius 3 is 2.96 bits per heavy atom. The number of rotatable bonds is 4. The number of nitrogens with one attached hydrogen (secondary N) is 2. The maximum absolute atomic E-state index is 12.3. The molecule has 0 aliphatic carbocycles. The summed E-state index contributed by atoms with van der Waals surface area (Å²) in [7, 11) is 1.59. The predicted octanol–water partition coefficient (Wildman–Crippen LogP) is 3.71. The highest BCUT2D eigenvalue weighted by Gasteiger charge is 2.13. The zero-order valence-electron chi connectivity index (χ0n) is 12.8. The summed E-state index contributed by atoms with van der Waals surface area (Å²) in [6.45, 7) is 1.90. The number of methoxy groups -OCH3 is 1. The molecule has 0 fully saturated rings. The molecule has 2 N–H and O–H groups in total. The molecule has 3 rings (SSSR count). The average Bonchev–Trinajstić information content (AvgIpc) is 2.94. The van der Waals surface area contributed by atoms with E-state index in [2.05, 4.69) is 15.5 Å². The second-order valence-corrected chi connectivity index (χ2v) is 5.75. The molecule has 1 amide bonds. The first-order chi connectivity index (χ1) is 11.1. The molecule has 5 nitrogen and oxygen atoms in total. The van der Waals surface area contributed by atoms with Crippen LogP contribution in [0.4, 0.5) is 5.69 Å². The second kappa shape index (κ2) is 6.30. The van der Waals surface area contributed by atoms with E-state index < -0.39 is 0 Å². The predicted molar refractivity (Wildman–Crippen MR) is 91.2 cm³/mol. The van der Waals surface area contributed by atoms with Crippen LogP contribution in [-0.2, 0) is 11.2 Å². The minimum absolute atomic E-state index is 0.135. The third-order valence-corrected chi connectivity index (χ3v) is 3.82. The molecule has 118 valence electrons. The van der Waals surface area contributed by atoms with Crippen molar-refractivity contribution in [3.63, 3.8) is 0 Å². The number of anilines is 1. The van der Waals surface area contributed by atoms with Crippen LogP contribution in [0.5, 0.6) is 5.75 Å². The largest absolute Gasteiger partial charge is 0.496 e. The molecule has 0 saturated carbocycles. The smallest absolute Gasteiger partial charge is 0.228 e. The molecule has 0 aliphatic heterocycles. The fourth-order valence-corrected chi connectivity index (χ4v) is 2.91. The van der Waals surface area contributed by atoms with E-state index in [1.54, 1.807) is 19.4 Å². The number of fused-ring (bicyclic) bond motifs is 1. The number of aryl methyl sites for hydroxylation is 1. The summed E-state index contributed by atoms with van der Waals surface area (Å²) in [5.74, 6) is 0.553. The van der Waals surface area contributed by atoms with E-state index in [4.69, 9.17) is 16.3 Å². The van der Waals surface area contributed by atoms with Crippen LogP contribution in [0.25, 0.3) is 10.9 Å². The van der Waals surface area contributed by atoms with Crippen molar-refractivity contribution in [2.75, 3.05) is 12.4 Å². The Morgan fingerprint density at radius 1 is 1.35 bits per heavy atom. The lowest BCUT2D eigenvalue weighted by Crippen LogP contribution is -2.15. The number of aromatic amines is 1. The third-order valence-electron chi connectivity index (χ3n) is 3.60. The molecule has 6 heteroatoms. The van der Waals surface area contributed by atoms with Crippen LogP contribution in [0.2, 0.25) is 5.02 Å². The molecular formula is C17H16ClN3O2. The molecule has 2 aromatic carbocycles. The third kappa shape index (κ3) is 3.29. The molecule has 0 radical (unpaired) electrons. The van der Waals surface area contributed by atoms with E-state index in [9.17, 15) is 4.79 Å². The first-order valence-corrected chi connectivity index (χ1v) is 7.50. The summed E-state index contributed by atoms with van der Waals surface area (Å²) in [6, 6.07) is 9.16. The molecule has 0 saturated heterocycles. The standard InChI is InChI=1S/C17H16ClN3O2/c1-10-5-13(18)6-12(17(10)23-2)7-16(22)20-14-4-3-11-9-19-21-15(11)8-14/h3-6,8-9H,7H2,1-2H3,(H,19,21)(H,20,22). The number of aromatic nitrogens is 2. The summed E-state index contributed by atoms with van der Waals surface area (Å²) in [6.07, 6.45) is 1.92. The summed E-state index contributed by atoms with van der Waals surface area (Å²) < 4.78 is 5.38. The van der Waals surface area contributed by atoms with E-state index in [-0.39, 0.29) is 12.3 Å². The van der Waals surface area contributed by atoms with Crippen molar-refractivity contribution in [3.8, 4) is 5.75 Å². The Balaban J connectivity index is 1.79. The number of halogens is 1. The Bertz CT molecular complexity index is 873. The fraction of sp³-hybridized carbons (Fsp3) is 0.176. The summed E-state index contributed by atoms with van der Waals surface area (Å²) in [5.41, 5.74) is 3.25. The number of benzene rings is 2. The molecule has 3 aromatic rings. The number of amides is 1. The number of nitrogens with zero attached hydrogens (tertiary/aromatic N) is 1. The number of H-pyrrole nitrogens is 1. The number of carbonyl (C=O) groups excluding carboxylic acids is 1. The Labute approximate surface area is 138 Å². The van der Waals surface area contributed by atoms with Crippen LogP contribution in [0.3, 0.4) is 0 Å². The lowest BCUT2D eigenvalue weighted by atomic mass is 10.1. The highest BCUT2D eigenvalue weighted by molar-refractivity contribution is 6.30. The summed E-state index contributed by atoms with van der Waals surface area (Å²) in [4.78, 5) is 12.3. The van der Waals surface area contributed by atoms with Crippen molar-refractivity contribution in [1.82, 2.24) is 10.2 Å². The van der Waals surface area contributed by atoms with Gasteiger partial charge < -0.3 is 10.1 Å². The van der Waals surface area contributed by atoms with Gasteiger partial charge in [0.2, 0.25) is 5.91 Å². The van der Waals surface area contributed by atoms with Gasteiger partial charge in [0.15, 0.2) is 0 Å². The molecule has 0 atom stereocenters. The molecule has 1 aromatic heterocycles. The van der Waals surface area contributed by atoms with Gasteiger partial charge in [0.05, 0.1) is 25.2 Å². The normalized spacial score (nSPS) is 10.7. The van der Waals surface area contributed by atoms with Gasteiger partial charge in [0.25, 0.3) is 0 Å². The zero-order valence-corrected chi connectivity index (χ0v) is 13.6. The van der Waals surface area contributed by atoms with Gasteiger partial charge >= 0.3 is 0 Å². The quantitative estimate of drug-likeness (QED) is 0.766. The van der Waals surface area contributed by atoms with Crippen LogP contribution >= 0.6 is 11.6 Å². The lowest BCUT2D eigenvalue weighted by molar-refractivity contribution is -0.115. The molecular weight excluding hydrogens is 314 g/mol. The van der Waals surface area contributed by atoms with E-state index in [1.807, 2.05) is 31.2 Å². The minimum atomic E-state index is -0.135. The molecule has 0 bridgehead atoms. The fourth-order valence-electron chi connectivity index (χ4n) is 2.62. The van der Waals surface area contributed by atoms with Crippen molar-refractivity contribution in [3.05, 3.63) is 52.7 Å². The van der Waals surface area contributed by atoms with Gasteiger partial charge in [-0.05, 0) is 42.8 Å². The monoisotopic (exact) mass is 329 g/mol. The Morgan fingerprint density at radius 2 is 2.17 bits per heavy atom. The van der Waals surface area contributed by atoms with Crippen molar-refractivity contribution in [2.45, 2.75) is 13.3 Å². The number of carbonyl (C=O) groups is 1. The van der Waals surface area contributed by atoms with Gasteiger partial charge in [-0.25, -0.2) is 0 Å². The molecule has 0 aliphatic rings. The van der Waals surface area contributed by atoms with Crippen molar-refractivity contribution < 1.29 is 9.53 Å². The van der Waals surface area contributed by atoms with Crippen molar-refractivity contribution in [2.24, 2.45) is 0 Å². The number of hydrogen-bond donors (Lipinski definition) is 2. The van der Waals surface area contributed by atoms with Crippen LogP contribution in [0, 0.1) is 6.92 Å².